The number of pyridine rings is 2. The standard InChI is InChI=1S/C16H14BrN3/c1-11(15-7-2-3-9-18-15)20-16-13-5-4-6-14(17)12(13)8-10-19-16/h2-11H,1H3,(H,19,20). The van der Waals surface area contributed by atoms with Crippen molar-refractivity contribution >= 4 is 32.5 Å². The Morgan fingerprint density at radius 2 is 1.85 bits per heavy atom. The number of aromatic nitrogens is 2. The predicted octanol–water partition coefficient (Wildman–Crippen LogP) is 4.57. The number of halogens is 1. The molecule has 20 heavy (non-hydrogen) atoms. The third-order valence-corrected chi connectivity index (χ3v) is 3.93. The van der Waals surface area contributed by atoms with E-state index < -0.39 is 0 Å². The molecule has 0 spiro atoms. The number of nitrogens with one attached hydrogen (secondary N) is 1. The van der Waals surface area contributed by atoms with E-state index in [-0.39, 0.29) is 6.04 Å². The third-order valence-electron chi connectivity index (χ3n) is 3.24. The highest BCUT2D eigenvalue weighted by Gasteiger charge is 2.10. The van der Waals surface area contributed by atoms with E-state index in [1.165, 1.54) is 0 Å². The molecule has 4 heteroatoms. The van der Waals surface area contributed by atoms with Crippen LogP contribution in [0.25, 0.3) is 10.8 Å². The Hall–Kier alpha value is -1.94. The number of nitrogens with zero attached hydrogens (tertiary/aromatic N) is 2. The molecule has 1 unspecified atom stereocenters. The fourth-order valence-corrected chi connectivity index (χ4v) is 2.69. The van der Waals surface area contributed by atoms with E-state index in [2.05, 4.69) is 44.2 Å². The molecule has 0 aliphatic carbocycles. The molecule has 0 saturated carbocycles. The molecule has 1 aromatic carbocycles. The average molecular weight is 328 g/mol. The zero-order chi connectivity index (χ0) is 13.9. The second-order valence-corrected chi connectivity index (χ2v) is 5.47. The van der Waals surface area contributed by atoms with Gasteiger partial charge in [0.2, 0.25) is 0 Å². The molecule has 3 nitrogen and oxygen atoms in total. The highest BCUT2D eigenvalue weighted by Crippen LogP contribution is 2.29. The molecule has 2 aromatic heterocycles. The fourth-order valence-electron chi connectivity index (χ4n) is 2.19. The van der Waals surface area contributed by atoms with Crippen LogP contribution in [-0.4, -0.2) is 9.97 Å². The maximum Gasteiger partial charge on any atom is 0.134 e. The van der Waals surface area contributed by atoms with Crippen molar-refractivity contribution in [2.24, 2.45) is 0 Å². The lowest BCUT2D eigenvalue weighted by atomic mass is 10.1. The van der Waals surface area contributed by atoms with Crippen molar-refractivity contribution in [3.8, 4) is 0 Å². The predicted molar refractivity (Wildman–Crippen MR) is 85.7 cm³/mol. The second-order valence-electron chi connectivity index (χ2n) is 4.62. The van der Waals surface area contributed by atoms with Gasteiger partial charge in [0, 0.05) is 27.6 Å². The highest BCUT2D eigenvalue weighted by atomic mass is 79.9. The molecule has 0 amide bonds. The van der Waals surface area contributed by atoms with E-state index in [1.54, 1.807) is 6.20 Å². The van der Waals surface area contributed by atoms with Crippen LogP contribution >= 0.6 is 15.9 Å². The summed E-state index contributed by atoms with van der Waals surface area (Å²) < 4.78 is 1.07. The maximum atomic E-state index is 4.45. The fraction of sp³-hybridized carbons (Fsp3) is 0.125. The molecule has 2 heterocycles. The van der Waals surface area contributed by atoms with E-state index in [4.69, 9.17) is 0 Å². The first-order valence-electron chi connectivity index (χ1n) is 6.46. The number of hydrogen-bond acceptors (Lipinski definition) is 3. The Balaban J connectivity index is 1.97. The van der Waals surface area contributed by atoms with Crippen LogP contribution in [0.3, 0.4) is 0 Å². The average Bonchev–Trinajstić information content (AvgIpc) is 2.49. The Labute approximate surface area is 126 Å². The van der Waals surface area contributed by atoms with Gasteiger partial charge < -0.3 is 5.32 Å². The van der Waals surface area contributed by atoms with Crippen LogP contribution < -0.4 is 5.32 Å². The van der Waals surface area contributed by atoms with Gasteiger partial charge in [0.1, 0.15) is 5.82 Å². The monoisotopic (exact) mass is 327 g/mol. The van der Waals surface area contributed by atoms with Crippen molar-refractivity contribution in [3.05, 3.63) is 65.0 Å². The summed E-state index contributed by atoms with van der Waals surface area (Å²) in [5.41, 5.74) is 1.00. The second kappa shape index (κ2) is 5.59. The van der Waals surface area contributed by atoms with Crippen LogP contribution in [0, 0.1) is 0 Å². The molecule has 3 aromatic rings. The van der Waals surface area contributed by atoms with Gasteiger partial charge in [-0.1, -0.05) is 34.1 Å². The van der Waals surface area contributed by atoms with Crippen molar-refractivity contribution in [2.45, 2.75) is 13.0 Å². The quantitative estimate of drug-likeness (QED) is 0.765. The molecule has 0 bridgehead atoms. The summed E-state index contributed by atoms with van der Waals surface area (Å²) in [6.45, 7) is 2.08. The lowest BCUT2D eigenvalue weighted by Crippen LogP contribution is -2.09. The topological polar surface area (TPSA) is 37.8 Å². The maximum absolute atomic E-state index is 4.45. The molecule has 0 radical (unpaired) electrons. The summed E-state index contributed by atoms with van der Waals surface area (Å²) in [6, 6.07) is 14.2. The van der Waals surface area contributed by atoms with Crippen molar-refractivity contribution in [2.75, 3.05) is 5.32 Å². The molecule has 1 atom stereocenters. The van der Waals surface area contributed by atoms with Crippen molar-refractivity contribution < 1.29 is 0 Å². The molecule has 0 aliphatic rings. The van der Waals surface area contributed by atoms with Gasteiger partial charge in [0.15, 0.2) is 0 Å². The molecule has 1 N–H and O–H groups in total. The van der Waals surface area contributed by atoms with Crippen LogP contribution in [0.2, 0.25) is 0 Å². The summed E-state index contributed by atoms with van der Waals surface area (Å²) in [6.07, 6.45) is 3.63. The van der Waals surface area contributed by atoms with Crippen LogP contribution in [0.4, 0.5) is 5.82 Å². The Morgan fingerprint density at radius 1 is 0.950 bits per heavy atom. The normalized spacial score (nSPS) is 12.3. The smallest absolute Gasteiger partial charge is 0.134 e. The minimum Gasteiger partial charge on any atom is -0.361 e. The minimum absolute atomic E-state index is 0.105. The Bertz CT molecular complexity index is 728. The molecular weight excluding hydrogens is 314 g/mol. The first-order chi connectivity index (χ1) is 9.75. The van der Waals surface area contributed by atoms with Crippen LogP contribution in [0.1, 0.15) is 18.7 Å². The Kier molecular flexibility index (Phi) is 3.65. The summed E-state index contributed by atoms with van der Waals surface area (Å²) in [7, 11) is 0. The van der Waals surface area contributed by atoms with E-state index in [1.807, 2.05) is 42.6 Å². The van der Waals surface area contributed by atoms with E-state index in [9.17, 15) is 0 Å². The van der Waals surface area contributed by atoms with E-state index in [0.717, 1.165) is 26.8 Å². The number of anilines is 1. The zero-order valence-corrected chi connectivity index (χ0v) is 12.6. The molecule has 0 aliphatic heterocycles. The molecular formula is C16H14BrN3. The van der Waals surface area contributed by atoms with Crippen molar-refractivity contribution in [3.63, 3.8) is 0 Å². The summed E-state index contributed by atoms with van der Waals surface area (Å²) in [5, 5.41) is 5.69. The van der Waals surface area contributed by atoms with Gasteiger partial charge in [-0.3, -0.25) is 4.98 Å². The number of hydrogen-bond donors (Lipinski definition) is 1. The zero-order valence-electron chi connectivity index (χ0n) is 11.0. The summed E-state index contributed by atoms with van der Waals surface area (Å²) in [4.78, 5) is 8.83. The van der Waals surface area contributed by atoms with Gasteiger partial charge in [-0.2, -0.15) is 0 Å². The number of benzene rings is 1. The van der Waals surface area contributed by atoms with Crippen LogP contribution in [0.5, 0.6) is 0 Å². The molecule has 0 fully saturated rings. The minimum atomic E-state index is 0.105. The van der Waals surface area contributed by atoms with Gasteiger partial charge in [-0.15, -0.1) is 0 Å². The van der Waals surface area contributed by atoms with E-state index >= 15 is 0 Å². The summed E-state index contributed by atoms with van der Waals surface area (Å²) >= 11 is 3.57. The van der Waals surface area contributed by atoms with Crippen molar-refractivity contribution in [1.82, 2.24) is 9.97 Å². The number of fused-ring (bicyclic) bond motifs is 1. The largest absolute Gasteiger partial charge is 0.361 e. The lowest BCUT2D eigenvalue weighted by Gasteiger charge is -2.15. The van der Waals surface area contributed by atoms with Gasteiger partial charge in [-0.25, -0.2) is 4.98 Å². The van der Waals surface area contributed by atoms with Gasteiger partial charge >= 0.3 is 0 Å². The van der Waals surface area contributed by atoms with Gasteiger partial charge in [-0.05, 0) is 31.2 Å². The number of rotatable bonds is 3. The lowest BCUT2D eigenvalue weighted by molar-refractivity contribution is 0.834. The SMILES string of the molecule is CC(Nc1nccc2c(Br)cccc12)c1ccccn1. The Morgan fingerprint density at radius 3 is 2.65 bits per heavy atom. The van der Waals surface area contributed by atoms with Gasteiger partial charge in [0.25, 0.3) is 0 Å². The molecule has 0 saturated heterocycles. The van der Waals surface area contributed by atoms with Crippen LogP contribution in [-0.2, 0) is 0 Å². The van der Waals surface area contributed by atoms with Crippen LogP contribution in [0.15, 0.2) is 59.3 Å². The molecule has 3 rings (SSSR count). The third kappa shape index (κ3) is 2.51. The van der Waals surface area contributed by atoms with Gasteiger partial charge in [0.05, 0.1) is 11.7 Å². The first-order valence-corrected chi connectivity index (χ1v) is 7.25. The van der Waals surface area contributed by atoms with E-state index in [0.29, 0.717) is 0 Å². The summed E-state index contributed by atoms with van der Waals surface area (Å²) in [5.74, 6) is 0.877. The highest BCUT2D eigenvalue weighted by molar-refractivity contribution is 9.10. The first kappa shape index (κ1) is 13.1. The molecule has 100 valence electrons. The van der Waals surface area contributed by atoms with Crippen molar-refractivity contribution in [1.29, 1.82) is 0 Å².